The normalized spacial score (nSPS) is 20.7. The van der Waals surface area contributed by atoms with Crippen molar-refractivity contribution in [3.8, 4) is 0 Å². The summed E-state index contributed by atoms with van der Waals surface area (Å²) in [5.74, 6) is -0.717. The zero-order chi connectivity index (χ0) is 50.4. The minimum Gasteiger partial charge on any atom is -0.394 e. The number of amides is 1. The highest BCUT2D eigenvalue weighted by molar-refractivity contribution is 5.80. The van der Waals surface area contributed by atoms with Gasteiger partial charge in [-0.2, -0.15) is 0 Å². The Labute approximate surface area is 421 Å². The van der Waals surface area contributed by atoms with E-state index in [1.807, 2.05) is 0 Å². The molecule has 1 aliphatic rings. The van der Waals surface area contributed by atoms with E-state index in [1.54, 1.807) is 0 Å². The summed E-state index contributed by atoms with van der Waals surface area (Å²) in [7, 11) is 0. The van der Waals surface area contributed by atoms with E-state index in [0.717, 1.165) is 64.2 Å². The first-order chi connectivity index (χ1) is 33.7. The minimum absolute atomic E-state index is 0.239. The molecule has 404 valence electrons. The second-order valence-corrected chi connectivity index (χ2v) is 20.0. The Morgan fingerprint density at radius 3 is 1.29 bits per heavy atom. The fourth-order valence-corrected chi connectivity index (χ4v) is 8.88. The first kappa shape index (κ1) is 65.1. The molecule has 0 aromatic rings. The van der Waals surface area contributed by atoms with Gasteiger partial charge in [0.25, 0.3) is 0 Å². The first-order valence-corrected chi connectivity index (χ1v) is 28.5. The van der Waals surface area contributed by atoms with Gasteiger partial charge in [-0.3, -0.25) is 4.79 Å². The van der Waals surface area contributed by atoms with Gasteiger partial charge in [0.05, 0.1) is 25.4 Å². The van der Waals surface area contributed by atoms with Gasteiger partial charge >= 0.3 is 0 Å². The van der Waals surface area contributed by atoms with Crippen LogP contribution in [0.1, 0.15) is 245 Å². The molecule has 0 aromatic heterocycles. The Morgan fingerprint density at radius 2 is 0.870 bits per heavy atom. The highest BCUT2D eigenvalue weighted by Crippen LogP contribution is 2.23. The van der Waals surface area contributed by atoms with Crippen molar-refractivity contribution < 1.29 is 50.0 Å². The van der Waals surface area contributed by atoms with Gasteiger partial charge in [0.1, 0.15) is 36.6 Å². The molecule has 0 aliphatic carbocycles. The lowest BCUT2D eigenvalue weighted by Crippen LogP contribution is -2.60. The minimum atomic E-state index is -1.67. The largest absolute Gasteiger partial charge is 0.394 e. The van der Waals surface area contributed by atoms with Crippen molar-refractivity contribution in [1.82, 2.24) is 5.32 Å². The van der Waals surface area contributed by atoms with Gasteiger partial charge in [0, 0.05) is 0 Å². The highest BCUT2D eigenvalue weighted by Gasteiger charge is 2.44. The lowest BCUT2D eigenvalue weighted by Gasteiger charge is -2.40. The number of ether oxygens (including phenoxy) is 2. The van der Waals surface area contributed by atoms with E-state index >= 15 is 0 Å². The number of carbonyl (C=O) groups excluding carboxylic acids is 1. The Morgan fingerprint density at radius 1 is 0.493 bits per heavy atom. The molecule has 8 N–H and O–H groups in total. The Bertz CT molecular complexity index is 1260. The summed E-state index contributed by atoms with van der Waals surface area (Å²) in [5.41, 5.74) is 0. The van der Waals surface area contributed by atoms with E-state index in [-0.39, 0.29) is 12.8 Å². The molecule has 0 bridgehead atoms. The van der Waals surface area contributed by atoms with Crippen LogP contribution in [0, 0.1) is 0 Å². The van der Waals surface area contributed by atoms with Gasteiger partial charge in [-0.15, -0.1) is 0 Å². The number of hydrogen-bond acceptors (Lipinski definition) is 10. The Balaban J connectivity index is 2.38. The van der Waals surface area contributed by atoms with Crippen LogP contribution in [0.2, 0.25) is 0 Å². The molecule has 1 amide bonds. The summed E-state index contributed by atoms with van der Waals surface area (Å²) in [6, 6.07) is -1.20. The van der Waals surface area contributed by atoms with Gasteiger partial charge < -0.3 is 50.5 Å². The molecule has 1 rings (SSSR count). The molecule has 1 saturated heterocycles. The van der Waals surface area contributed by atoms with Crippen LogP contribution >= 0.6 is 0 Å². The molecular weight excluding hydrogens is 871 g/mol. The number of hydrogen-bond donors (Lipinski definition) is 8. The second-order valence-electron chi connectivity index (χ2n) is 20.0. The van der Waals surface area contributed by atoms with E-state index in [2.05, 4.69) is 67.8 Å². The smallest absolute Gasteiger partial charge is 0.249 e. The number of carbonyl (C=O) groups is 1. The van der Waals surface area contributed by atoms with Crippen molar-refractivity contribution in [2.45, 2.75) is 300 Å². The van der Waals surface area contributed by atoms with Crippen LogP contribution in [0.3, 0.4) is 0 Å². The molecular formula is C58H107NO10. The van der Waals surface area contributed by atoms with Crippen LogP contribution in [-0.2, 0) is 14.3 Å². The van der Waals surface area contributed by atoms with Gasteiger partial charge in [-0.25, -0.2) is 0 Å². The van der Waals surface area contributed by atoms with Crippen LogP contribution < -0.4 is 5.32 Å². The van der Waals surface area contributed by atoms with Gasteiger partial charge in [-0.1, -0.05) is 204 Å². The molecule has 69 heavy (non-hydrogen) atoms. The number of aliphatic hydroxyl groups excluding tert-OH is 7. The maximum atomic E-state index is 13.2. The van der Waals surface area contributed by atoms with Crippen LogP contribution in [0.4, 0.5) is 0 Å². The third-order valence-corrected chi connectivity index (χ3v) is 13.6. The molecule has 11 heteroatoms. The monoisotopic (exact) mass is 978 g/mol. The summed E-state index contributed by atoms with van der Waals surface area (Å²) in [6.07, 6.45) is 47.3. The topological polar surface area (TPSA) is 189 Å². The Hall–Kier alpha value is -1.93. The lowest BCUT2D eigenvalue weighted by molar-refractivity contribution is -0.303. The van der Waals surface area contributed by atoms with E-state index in [1.165, 1.54) is 135 Å². The standard InChI is InChI=1S/C58H107NO10/c1-3-5-7-9-11-13-15-17-19-21-23-24-25-26-27-28-30-31-33-35-37-39-41-43-45-50(61)53(63)49(48-68-58-56(66)55(65)54(64)52(47-60)69-58)59-57(67)51(62)46-44-42-40-38-36-34-32-29-22-20-18-16-14-12-10-8-6-4-2/h22,25-26,29-31,37,39,49-56,58,60-66H,3-21,23-24,27-28,32-36,38,40-48H2,1-2H3,(H,59,67)/b26-25+,29-22-,31-30+,39-37+. The van der Waals surface area contributed by atoms with E-state index in [0.29, 0.717) is 19.3 Å². The molecule has 0 saturated carbocycles. The van der Waals surface area contributed by atoms with E-state index in [9.17, 15) is 40.5 Å². The van der Waals surface area contributed by atoms with E-state index < -0.39 is 74.2 Å². The zero-order valence-corrected chi connectivity index (χ0v) is 44.0. The summed E-state index contributed by atoms with van der Waals surface area (Å²) in [6.45, 7) is 3.44. The fraction of sp³-hybridized carbons (Fsp3) is 0.845. The molecule has 11 nitrogen and oxygen atoms in total. The Kier molecular flexibility index (Phi) is 44.4. The predicted octanol–water partition coefficient (Wildman–Crippen LogP) is 11.7. The molecule has 9 unspecified atom stereocenters. The summed E-state index contributed by atoms with van der Waals surface area (Å²) in [5, 5.41) is 76.0. The highest BCUT2D eigenvalue weighted by atomic mass is 16.7. The van der Waals surface area contributed by atoms with E-state index in [4.69, 9.17) is 9.47 Å². The quantitative estimate of drug-likeness (QED) is 0.0215. The van der Waals surface area contributed by atoms with Crippen molar-refractivity contribution in [3.05, 3.63) is 48.6 Å². The van der Waals surface area contributed by atoms with Crippen LogP contribution in [0.15, 0.2) is 48.6 Å². The van der Waals surface area contributed by atoms with Crippen LogP contribution in [-0.4, -0.2) is 110 Å². The summed E-state index contributed by atoms with van der Waals surface area (Å²) in [4.78, 5) is 13.2. The van der Waals surface area contributed by atoms with Crippen LogP contribution in [0.25, 0.3) is 0 Å². The molecule has 1 heterocycles. The van der Waals surface area contributed by atoms with Crippen molar-refractivity contribution >= 4 is 5.91 Å². The third-order valence-electron chi connectivity index (χ3n) is 13.6. The average Bonchev–Trinajstić information content (AvgIpc) is 3.35. The van der Waals surface area contributed by atoms with Crippen molar-refractivity contribution in [1.29, 1.82) is 0 Å². The van der Waals surface area contributed by atoms with Gasteiger partial charge in [-0.05, 0) is 89.9 Å². The fourth-order valence-electron chi connectivity index (χ4n) is 8.88. The van der Waals surface area contributed by atoms with Crippen molar-refractivity contribution in [2.75, 3.05) is 13.2 Å². The number of allylic oxidation sites excluding steroid dienone is 8. The predicted molar refractivity (Wildman–Crippen MR) is 284 cm³/mol. The molecule has 1 fully saturated rings. The number of aliphatic hydroxyl groups is 7. The second kappa shape index (κ2) is 47.1. The molecule has 1 aliphatic heterocycles. The molecule has 9 atom stereocenters. The summed E-state index contributed by atoms with van der Waals surface area (Å²) < 4.78 is 11.1. The lowest BCUT2D eigenvalue weighted by atomic mass is 9.98. The van der Waals surface area contributed by atoms with Gasteiger partial charge in [0.2, 0.25) is 5.91 Å². The summed E-state index contributed by atoms with van der Waals surface area (Å²) >= 11 is 0. The van der Waals surface area contributed by atoms with Crippen molar-refractivity contribution in [3.63, 3.8) is 0 Å². The van der Waals surface area contributed by atoms with Gasteiger partial charge in [0.15, 0.2) is 6.29 Å². The average molecular weight is 978 g/mol. The molecule has 0 radical (unpaired) electrons. The maximum Gasteiger partial charge on any atom is 0.249 e. The molecule has 0 spiro atoms. The SMILES string of the molecule is CCCCCCCCCC/C=C\CCCCCCCCC(O)C(=O)NC(COC1OC(CO)C(O)C(O)C1O)C(O)C(O)CCC/C=C/CC/C=C/CC/C=C/CCCCCCCCCCCCC. The number of rotatable bonds is 48. The zero-order valence-electron chi connectivity index (χ0n) is 44.0. The maximum absolute atomic E-state index is 13.2. The number of nitrogens with one attached hydrogen (secondary N) is 1. The molecule has 0 aromatic carbocycles. The number of unbranched alkanes of at least 4 members (excludes halogenated alkanes) is 28. The van der Waals surface area contributed by atoms with Crippen LogP contribution in [0.5, 0.6) is 0 Å². The first-order valence-electron chi connectivity index (χ1n) is 28.5. The third kappa shape index (κ3) is 35.8. The van der Waals surface area contributed by atoms with Crippen molar-refractivity contribution in [2.24, 2.45) is 0 Å².